The van der Waals surface area contributed by atoms with E-state index >= 15 is 0 Å². The molecule has 1 unspecified atom stereocenters. The van der Waals surface area contributed by atoms with Crippen LogP contribution in [0.15, 0.2) is 0 Å². The SMILES string of the molecule is SC1CNC2(CCC2)C1. The average Bonchev–Trinajstić information content (AvgIpc) is 2.09. The average molecular weight is 143 g/mol. The van der Waals surface area contributed by atoms with E-state index in [9.17, 15) is 0 Å². The molecule has 52 valence electrons. The van der Waals surface area contributed by atoms with Crippen LogP contribution in [0.3, 0.4) is 0 Å². The summed E-state index contributed by atoms with van der Waals surface area (Å²) in [6.45, 7) is 1.13. The molecule has 1 aliphatic carbocycles. The maximum absolute atomic E-state index is 4.43. The van der Waals surface area contributed by atoms with Gasteiger partial charge in [0.1, 0.15) is 0 Å². The highest BCUT2D eigenvalue weighted by atomic mass is 32.1. The third-order valence-electron chi connectivity index (χ3n) is 2.65. The van der Waals surface area contributed by atoms with Crippen molar-refractivity contribution >= 4 is 12.6 Å². The van der Waals surface area contributed by atoms with Crippen LogP contribution < -0.4 is 5.32 Å². The lowest BCUT2D eigenvalue weighted by atomic mass is 9.76. The number of hydrogen-bond acceptors (Lipinski definition) is 2. The van der Waals surface area contributed by atoms with Gasteiger partial charge in [-0.1, -0.05) is 0 Å². The Hall–Kier alpha value is 0.310. The molecule has 1 atom stereocenters. The van der Waals surface area contributed by atoms with Gasteiger partial charge in [0.25, 0.3) is 0 Å². The summed E-state index contributed by atoms with van der Waals surface area (Å²) in [5, 5.41) is 4.17. The zero-order chi connectivity index (χ0) is 6.32. The van der Waals surface area contributed by atoms with Crippen LogP contribution in [0.4, 0.5) is 0 Å². The summed E-state index contributed by atoms with van der Waals surface area (Å²) in [5.41, 5.74) is 0.562. The van der Waals surface area contributed by atoms with Gasteiger partial charge >= 0.3 is 0 Å². The van der Waals surface area contributed by atoms with Crippen LogP contribution in [0.1, 0.15) is 25.7 Å². The molecule has 1 saturated carbocycles. The fourth-order valence-corrected chi connectivity index (χ4v) is 2.35. The van der Waals surface area contributed by atoms with E-state index in [0.717, 1.165) is 6.54 Å². The lowest BCUT2D eigenvalue weighted by Crippen LogP contribution is -2.45. The summed E-state index contributed by atoms with van der Waals surface area (Å²) in [6.07, 6.45) is 5.51. The summed E-state index contributed by atoms with van der Waals surface area (Å²) in [7, 11) is 0. The molecule has 1 heterocycles. The van der Waals surface area contributed by atoms with Crippen LogP contribution in [-0.2, 0) is 0 Å². The maximum atomic E-state index is 4.43. The molecule has 1 nitrogen and oxygen atoms in total. The van der Waals surface area contributed by atoms with Crippen molar-refractivity contribution in [2.24, 2.45) is 0 Å². The Labute approximate surface area is 61.6 Å². The van der Waals surface area contributed by atoms with E-state index < -0.39 is 0 Å². The molecule has 0 aromatic carbocycles. The fourth-order valence-electron chi connectivity index (χ4n) is 1.91. The maximum Gasteiger partial charge on any atom is 0.0192 e. The molecule has 1 N–H and O–H groups in total. The second-order valence-electron chi connectivity index (χ2n) is 3.37. The van der Waals surface area contributed by atoms with Gasteiger partial charge in [0.05, 0.1) is 0 Å². The molecule has 9 heavy (non-hydrogen) atoms. The van der Waals surface area contributed by atoms with Crippen molar-refractivity contribution in [2.75, 3.05) is 6.54 Å². The van der Waals surface area contributed by atoms with Gasteiger partial charge in [0.2, 0.25) is 0 Å². The van der Waals surface area contributed by atoms with E-state index in [1.165, 1.54) is 25.7 Å². The van der Waals surface area contributed by atoms with Gasteiger partial charge in [-0.25, -0.2) is 0 Å². The predicted octanol–water partition coefficient (Wildman–Crippen LogP) is 1.20. The molecular formula is C7H13NS. The normalized spacial score (nSPS) is 39.0. The lowest BCUT2D eigenvalue weighted by Gasteiger charge is -2.38. The molecule has 0 radical (unpaired) electrons. The molecule has 2 fully saturated rings. The van der Waals surface area contributed by atoms with E-state index in [4.69, 9.17) is 0 Å². The first-order valence-electron chi connectivity index (χ1n) is 3.74. The van der Waals surface area contributed by atoms with E-state index in [2.05, 4.69) is 17.9 Å². The molecule has 1 spiro atoms. The van der Waals surface area contributed by atoms with Gasteiger partial charge in [-0.2, -0.15) is 12.6 Å². The molecule has 1 saturated heterocycles. The van der Waals surface area contributed by atoms with Crippen molar-refractivity contribution in [3.63, 3.8) is 0 Å². The van der Waals surface area contributed by atoms with Gasteiger partial charge in [-0.3, -0.25) is 0 Å². The van der Waals surface area contributed by atoms with E-state index in [-0.39, 0.29) is 0 Å². The van der Waals surface area contributed by atoms with Crippen molar-refractivity contribution in [1.29, 1.82) is 0 Å². The highest BCUT2D eigenvalue weighted by Crippen LogP contribution is 2.39. The van der Waals surface area contributed by atoms with Crippen molar-refractivity contribution < 1.29 is 0 Å². The van der Waals surface area contributed by atoms with E-state index in [1.807, 2.05) is 0 Å². The number of rotatable bonds is 0. The van der Waals surface area contributed by atoms with Crippen molar-refractivity contribution in [2.45, 2.75) is 36.5 Å². The van der Waals surface area contributed by atoms with Gasteiger partial charge < -0.3 is 5.32 Å². The number of thiol groups is 1. The Kier molecular flexibility index (Phi) is 1.27. The molecule has 2 aliphatic rings. The predicted molar refractivity (Wildman–Crippen MR) is 42.0 cm³/mol. The minimum absolute atomic E-state index is 0.562. The highest BCUT2D eigenvalue weighted by Gasteiger charge is 2.41. The Morgan fingerprint density at radius 3 is 2.44 bits per heavy atom. The second-order valence-corrected chi connectivity index (χ2v) is 4.10. The Morgan fingerprint density at radius 1 is 1.44 bits per heavy atom. The van der Waals surface area contributed by atoms with Crippen molar-refractivity contribution in [1.82, 2.24) is 5.32 Å². The summed E-state index contributed by atoms with van der Waals surface area (Å²) in [6, 6.07) is 0. The Morgan fingerprint density at radius 2 is 2.22 bits per heavy atom. The Balaban J connectivity index is 1.99. The summed E-state index contributed by atoms with van der Waals surface area (Å²) < 4.78 is 0. The molecular weight excluding hydrogens is 130 g/mol. The van der Waals surface area contributed by atoms with Crippen LogP contribution in [0.25, 0.3) is 0 Å². The van der Waals surface area contributed by atoms with Gasteiger partial charge in [-0.15, -0.1) is 0 Å². The molecule has 0 aromatic heterocycles. The third kappa shape index (κ3) is 0.887. The zero-order valence-electron chi connectivity index (χ0n) is 5.56. The van der Waals surface area contributed by atoms with Crippen LogP contribution in [-0.4, -0.2) is 17.3 Å². The molecule has 1 aliphatic heterocycles. The first-order valence-corrected chi connectivity index (χ1v) is 4.26. The van der Waals surface area contributed by atoms with Crippen LogP contribution in [0.5, 0.6) is 0 Å². The van der Waals surface area contributed by atoms with Crippen molar-refractivity contribution in [3.05, 3.63) is 0 Å². The first kappa shape index (κ1) is 6.05. The molecule has 0 aromatic rings. The highest BCUT2D eigenvalue weighted by molar-refractivity contribution is 7.81. The minimum Gasteiger partial charge on any atom is -0.310 e. The van der Waals surface area contributed by atoms with Gasteiger partial charge in [0, 0.05) is 17.3 Å². The largest absolute Gasteiger partial charge is 0.310 e. The standard InChI is InChI=1S/C7H13NS/c9-6-4-7(8-5-6)2-1-3-7/h6,8-9H,1-5H2. The van der Waals surface area contributed by atoms with Gasteiger partial charge in [0.15, 0.2) is 0 Å². The second kappa shape index (κ2) is 1.89. The minimum atomic E-state index is 0.562. The van der Waals surface area contributed by atoms with E-state index in [0.29, 0.717) is 10.8 Å². The summed E-state index contributed by atoms with van der Waals surface area (Å²) in [5.74, 6) is 0. The fraction of sp³-hybridized carbons (Fsp3) is 1.00. The first-order chi connectivity index (χ1) is 4.31. The van der Waals surface area contributed by atoms with Crippen LogP contribution in [0.2, 0.25) is 0 Å². The van der Waals surface area contributed by atoms with Crippen LogP contribution in [0, 0.1) is 0 Å². The summed E-state index contributed by atoms with van der Waals surface area (Å²) in [4.78, 5) is 0. The molecule has 2 heteroatoms. The quantitative estimate of drug-likeness (QED) is 0.486. The lowest BCUT2D eigenvalue weighted by molar-refractivity contribution is 0.217. The monoisotopic (exact) mass is 143 g/mol. The smallest absolute Gasteiger partial charge is 0.0192 e. The van der Waals surface area contributed by atoms with Crippen molar-refractivity contribution in [3.8, 4) is 0 Å². The zero-order valence-corrected chi connectivity index (χ0v) is 6.45. The van der Waals surface area contributed by atoms with Crippen LogP contribution >= 0.6 is 12.6 Å². The van der Waals surface area contributed by atoms with E-state index in [1.54, 1.807) is 0 Å². The molecule has 2 rings (SSSR count). The summed E-state index contributed by atoms with van der Waals surface area (Å²) >= 11 is 4.43. The topological polar surface area (TPSA) is 12.0 Å². The third-order valence-corrected chi connectivity index (χ3v) is 3.01. The Bertz CT molecular complexity index is 120. The molecule has 0 bridgehead atoms. The molecule has 0 amide bonds. The number of nitrogens with one attached hydrogen (secondary N) is 1. The number of hydrogen-bond donors (Lipinski definition) is 2. The van der Waals surface area contributed by atoms with Gasteiger partial charge in [-0.05, 0) is 25.7 Å².